The topological polar surface area (TPSA) is 68.8 Å². The molecule has 0 atom stereocenters. The number of hydrogen-bond acceptors (Lipinski definition) is 5. The summed E-state index contributed by atoms with van der Waals surface area (Å²) in [6, 6.07) is 15.9. The Balaban J connectivity index is 1.56. The maximum Gasteiger partial charge on any atom is 0.236 e. The zero-order valence-electron chi connectivity index (χ0n) is 16.5. The lowest BCUT2D eigenvalue weighted by Crippen LogP contribution is -2.60. The summed E-state index contributed by atoms with van der Waals surface area (Å²) in [7, 11) is 1.80. The fraction of sp³-hybridized carbons (Fsp3) is 0.364. The number of carbonyl (C=O) groups is 1. The summed E-state index contributed by atoms with van der Waals surface area (Å²) < 4.78 is 0. The van der Waals surface area contributed by atoms with Gasteiger partial charge in [0.1, 0.15) is 5.84 Å². The SMILES string of the molecule is CNCC(=O)N1CCC2(CC1)Nc1ccccc1N=C2NCc1cccc(Cl)c1. The van der Waals surface area contributed by atoms with Crippen LogP contribution in [0.15, 0.2) is 53.5 Å². The summed E-state index contributed by atoms with van der Waals surface area (Å²) in [5, 5.41) is 11.0. The Kier molecular flexibility index (Phi) is 5.74. The number of likely N-dealkylation sites (tertiary alicyclic amines) is 1. The van der Waals surface area contributed by atoms with Crippen LogP contribution in [-0.4, -0.2) is 48.9 Å². The van der Waals surface area contributed by atoms with Crippen molar-refractivity contribution in [2.24, 2.45) is 4.99 Å². The van der Waals surface area contributed by atoms with Crippen LogP contribution in [0.3, 0.4) is 0 Å². The molecular formula is C22H26ClN5O. The van der Waals surface area contributed by atoms with Crippen LogP contribution in [0, 0.1) is 0 Å². The number of hydrogen-bond donors (Lipinski definition) is 3. The van der Waals surface area contributed by atoms with Crippen LogP contribution in [0.1, 0.15) is 18.4 Å². The average Bonchev–Trinajstić information content (AvgIpc) is 2.73. The molecule has 152 valence electrons. The maximum absolute atomic E-state index is 12.3. The van der Waals surface area contributed by atoms with E-state index < -0.39 is 0 Å². The molecule has 2 heterocycles. The van der Waals surface area contributed by atoms with Crippen molar-refractivity contribution in [3.05, 3.63) is 59.1 Å². The second-order valence-corrected chi connectivity index (χ2v) is 8.02. The van der Waals surface area contributed by atoms with Crippen molar-refractivity contribution in [2.75, 3.05) is 32.0 Å². The van der Waals surface area contributed by atoms with Crippen molar-refractivity contribution < 1.29 is 4.79 Å². The molecule has 2 aliphatic heterocycles. The van der Waals surface area contributed by atoms with Gasteiger partial charge < -0.3 is 20.9 Å². The van der Waals surface area contributed by atoms with Crippen LogP contribution in [0.2, 0.25) is 5.02 Å². The van der Waals surface area contributed by atoms with Gasteiger partial charge in [-0.15, -0.1) is 0 Å². The smallest absolute Gasteiger partial charge is 0.236 e. The van der Waals surface area contributed by atoms with Crippen molar-refractivity contribution in [1.82, 2.24) is 15.5 Å². The van der Waals surface area contributed by atoms with Gasteiger partial charge in [0.05, 0.1) is 23.5 Å². The second-order valence-electron chi connectivity index (χ2n) is 7.58. The number of nitrogens with one attached hydrogen (secondary N) is 3. The van der Waals surface area contributed by atoms with E-state index >= 15 is 0 Å². The van der Waals surface area contributed by atoms with E-state index in [4.69, 9.17) is 16.6 Å². The maximum atomic E-state index is 12.3. The van der Waals surface area contributed by atoms with Crippen LogP contribution in [0.5, 0.6) is 0 Å². The Bertz CT molecular complexity index is 921. The van der Waals surface area contributed by atoms with E-state index in [1.165, 1.54) is 0 Å². The number of fused-ring (bicyclic) bond motifs is 1. The predicted octanol–water partition coefficient (Wildman–Crippen LogP) is 3.17. The quantitative estimate of drug-likeness (QED) is 0.722. The molecule has 0 aliphatic carbocycles. The molecule has 2 aromatic rings. The van der Waals surface area contributed by atoms with E-state index in [9.17, 15) is 4.79 Å². The van der Waals surface area contributed by atoms with E-state index in [2.05, 4.69) is 28.1 Å². The molecule has 2 aliphatic rings. The van der Waals surface area contributed by atoms with E-state index in [1.54, 1.807) is 7.05 Å². The molecule has 1 fully saturated rings. The monoisotopic (exact) mass is 411 g/mol. The summed E-state index contributed by atoms with van der Waals surface area (Å²) in [4.78, 5) is 19.2. The van der Waals surface area contributed by atoms with Gasteiger partial charge in [-0.25, -0.2) is 4.99 Å². The molecule has 4 rings (SSSR count). The molecule has 3 N–H and O–H groups in total. The molecule has 0 bridgehead atoms. The number of amidine groups is 1. The standard InChI is InChI=1S/C22H26ClN5O/c1-24-15-20(29)28-11-9-22(10-12-28)21(25-14-16-5-4-6-17(23)13-16)26-18-7-2-3-8-19(18)27-22/h2-8,13,24,27H,9-12,14-15H2,1H3,(H,25,26). The molecule has 2 aromatic carbocycles. The molecule has 0 radical (unpaired) electrons. The molecule has 0 saturated carbocycles. The van der Waals surface area contributed by atoms with Crippen molar-refractivity contribution in [3.63, 3.8) is 0 Å². The minimum Gasteiger partial charge on any atom is -0.371 e. The average molecular weight is 412 g/mol. The summed E-state index contributed by atoms with van der Waals surface area (Å²) in [5.74, 6) is 1.07. The van der Waals surface area contributed by atoms with Crippen LogP contribution < -0.4 is 16.0 Å². The molecule has 1 spiro atoms. The van der Waals surface area contributed by atoms with Crippen molar-refractivity contribution >= 4 is 34.7 Å². The first-order chi connectivity index (χ1) is 14.1. The number of piperidine rings is 1. The molecule has 1 saturated heterocycles. The first kappa shape index (κ1) is 19.7. The summed E-state index contributed by atoms with van der Waals surface area (Å²) >= 11 is 6.13. The third kappa shape index (κ3) is 4.23. The Morgan fingerprint density at radius 1 is 1.21 bits per heavy atom. The fourth-order valence-corrected chi connectivity index (χ4v) is 4.24. The Labute approximate surface area is 176 Å². The number of aliphatic imine (C=N–C) groups is 1. The van der Waals surface area contributed by atoms with Crippen molar-refractivity contribution in [2.45, 2.75) is 24.9 Å². The molecule has 29 heavy (non-hydrogen) atoms. The Morgan fingerprint density at radius 2 is 2.00 bits per heavy atom. The van der Waals surface area contributed by atoms with Gasteiger partial charge in [-0.1, -0.05) is 35.9 Å². The zero-order valence-corrected chi connectivity index (χ0v) is 17.3. The number of rotatable bonds is 4. The summed E-state index contributed by atoms with van der Waals surface area (Å²) in [5.41, 5.74) is 2.77. The van der Waals surface area contributed by atoms with Crippen LogP contribution in [0.4, 0.5) is 11.4 Å². The van der Waals surface area contributed by atoms with Gasteiger partial charge in [-0.3, -0.25) is 4.79 Å². The van der Waals surface area contributed by atoms with Gasteiger partial charge in [0.25, 0.3) is 0 Å². The van der Waals surface area contributed by atoms with Gasteiger partial charge in [-0.2, -0.15) is 0 Å². The normalized spacial score (nSPS) is 17.3. The molecule has 6 nitrogen and oxygen atoms in total. The number of benzene rings is 2. The van der Waals surface area contributed by atoms with Gasteiger partial charge in [0.2, 0.25) is 5.91 Å². The highest BCUT2D eigenvalue weighted by atomic mass is 35.5. The highest BCUT2D eigenvalue weighted by Gasteiger charge is 2.42. The Hall–Kier alpha value is -2.57. The summed E-state index contributed by atoms with van der Waals surface area (Å²) in [6.45, 7) is 2.42. The first-order valence-electron chi connectivity index (χ1n) is 9.97. The third-order valence-electron chi connectivity index (χ3n) is 5.61. The van der Waals surface area contributed by atoms with Gasteiger partial charge in [0, 0.05) is 24.7 Å². The lowest BCUT2D eigenvalue weighted by atomic mass is 9.84. The number of para-hydroxylation sites is 2. The second kappa shape index (κ2) is 8.43. The highest BCUT2D eigenvalue weighted by Crippen LogP contribution is 2.38. The number of anilines is 1. The largest absolute Gasteiger partial charge is 0.371 e. The molecular weight excluding hydrogens is 386 g/mol. The van der Waals surface area contributed by atoms with E-state index in [-0.39, 0.29) is 11.4 Å². The van der Waals surface area contributed by atoms with Crippen LogP contribution in [-0.2, 0) is 11.3 Å². The predicted molar refractivity (Wildman–Crippen MR) is 118 cm³/mol. The number of halogens is 1. The van der Waals surface area contributed by atoms with E-state index in [1.807, 2.05) is 41.3 Å². The first-order valence-corrected chi connectivity index (χ1v) is 10.3. The summed E-state index contributed by atoms with van der Waals surface area (Å²) in [6.07, 6.45) is 1.61. The fourth-order valence-electron chi connectivity index (χ4n) is 4.03. The zero-order chi connectivity index (χ0) is 20.3. The third-order valence-corrected chi connectivity index (χ3v) is 5.85. The van der Waals surface area contributed by atoms with Crippen molar-refractivity contribution in [1.29, 1.82) is 0 Å². The molecule has 7 heteroatoms. The lowest BCUT2D eigenvalue weighted by molar-refractivity contribution is -0.131. The molecule has 0 unspecified atom stereocenters. The molecule has 0 aromatic heterocycles. The Morgan fingerprint density at radius 3 is 2.76 bits per heavy atom. The number of amides is 1. The van der Waals surface area contributed by atoms with Crippen LogP contribution in [0.25, 0.3) is 0 Å². The number of carbonyl (C=O) groups excluding carboxylic acids is 1. The lowest BCUT2D eigenvalue weighted by Gasteiger charge is -2.45. The number of nitrogens with zero attached hydrogens (tertiary/aromatic N) is 2. The van der Waals surface area contributed by atoms with Crippen LogP contribution >= 0.6 is 11.6 Å². The van der Waals surface area contributed by atoms with Gasteiger partial charge >= 0.3 is 0 Å². The van der Waals surface area contributed by atoms with Crippen molar-refractivity contribution in [3.8, 4) is 0 Å². The molecule has 1 amide bonds. The van der Waals surface area contributed by atoms with E-state index in [0.717, 1.165) is 40.6 Å². The number of likely N-dealkylation sites (N-methyl/N-ethyl adjacent to an activating group) is 1. The minimum absolute atomic E-state index is 0.143. The van der Waals surface area contributed by atoms with Gasteiger partial charge in [0.15, 0.2) is 0 Å². The minimum atomic E-state index is -0.302. The van der Waals surface area contributed by atoms with E-state index in [0.29, 0.717) is 26.2 Å². The van der Waals surface area contributed by atoms with Gasteiger partial charge in [-0.05, 0) is 49.7 Å². The highest BCUT2D eigenvalue weighted by molar-refractivity contribution is 6.30.